The van der Waals surface area contributed by atoms with Crippen LogP contribution in [-0.4, -0.2) is 29.0 Å². The Hall–Kier alpha value is -2.63. The molecule has 114 valence electrons. The minimum absolute atomic E-state index is 0.0494. The molecule has 2 heterocycles. The second-order valence-electron chi connectivity index (χ2n) is 5.54. The highest BCUT2D eigenvalue weighted by atomic mass is 16.1. The Bertz CT molecular complexity index is 702. The fourth-order valence-electron chi connectivity index (χ4n) is 2.90. The minimum Gasteiger partial charge on any atom is -0.368 e. The summed E-state index contributed by atoms with van der Waals surface area (Å²) in [5.41, 5.74) is 8.57. The number of hydrogen-bond donors (Lipinski definition) is 2. The average molecular weight is 297 g/mol. The van der Waals surface area contributed by atoms with Crippen LogP contribution in [0.25, 0.3) is 0 Å². The number of para-hydroxylation sites is 1. The highest BCUT2D eigenvalue weighted by molar-refractivity contribution is 5.85. The van der Waals surface area contributed by atoms with Crippen molar-refractivity contribution in [2.75, 3.05) is 17.3 Å². The zero-order chi connectivity index (χ0) is 15.7. The summed E-state index contributed by atoms with van der Waals surface area (Å²) in [4.78, 5) is 22.3. The maximum Gasteiger partial charge on any atom is 0.240 e. The van der Waals surface area contributed by atoms with Gasteiger partial charge < -0.3 is 16.0 Å². The molecule has 2 aromatic rings. The second kappa shape index (κ2) is 5.63. The van der Waals surface area contributed by atoms with Crippen LogP contribution in [-0.2, 0) is 4.79 Å². The van der Waals surface area contributed by atoms with E-state index >= 15 is 0 Å². The standard InChI is InChI=1S/C16H19N5O/c1-10-7-8-18-16(19-10)20-12-9-14(15(17)22)21(2)13-6-4-3-5-11(12)13/h3-8,12,14H,9H2,1-2H3,(H2,17,22)(H,18,19,20). The summed E-state index contributed by atoms with van der Waals surface area (Å²) in [6.07, 6.45) is 2.30. The van der Waals surface area contributed by atoms with Crippen LogP contribution in [0.5, 0.6) is 0 Å². The first-order valence-corrected chi connectivity index (χ1v) is 7.23. The van der Waals surface area contributed by atoms with Crippen LogP contribution in [0.15, 0.2) is 36.5 Å². The molecule has 3 rings (SSSR count). The number of fused-ring (bicyclic) bond motifs is 1. The highest BCUT2D eigenvalue weighted by Gasteiger charge is 2.33. The number of hydrogen-bond acceptors (Lipinski definition) is 5. The van der Waals surface area contributed by atoms with Crippen molar-refractivity contribution in [3.05, 3.63) is 47.8 Å². The second-order valence-corrected chi connectivity index (χ2v) is 5.54. The van der Waals surface area contributed by atoms with Crippen LogP contribution in [0.1, 0.15) is 23.7 Å². The summed E-state index contributed by atoms with van der Waals surface area (Å²) in [5.74, 6) is 0.238. The average Bonchev–Trinajstić information content (AvgIpc) is 2.50. The summed E-state index contributed by atoms with van der Waals surface area (Å²) in [5, 5.41) is 3.33. The predicted molar refractivity (Wildman–Crippen MR) is 85.6 cm³/mol. The molecule has 2 unspecified atom stereocenters. The van der Waals surface area contributed by atoms with Crippen molar-refractivity contribution in [3.63, 3.8) is 0 Å². The van der Waals surface area contributed by atoms with Crippen molar-refractivity contribution in [3.8, 4) is 0 Å². The molecule has 6 nitrogen and oxygen atoms in total. The first-order valence-electron chi connectivity index (χ1n) is 7.23. The number of anilines is 2. The number of benzene rings is 1. The van der Waals surface area contributed by atoms with Gasteiger partial charge in [0.25, 0.3) is 0 Å². The van der Waals surface area contributed by atoms with Crippen LogP contribution in [0.3, 0.4) is 0 Å². The van der Waals surface area contributed by atoms with E-state index in [0.29, 0.717) is 12.4 Å². The molecule has 1 aliphatic rings. The normalized spacial score (nSPS) is 20.4. The Morgan fingerprint density at radius 3 is 2.86 bits per heavy atom. The lowest BCUT2D eigenvalue weighted by Crippen LogP contribution is -2.47. The van der Waals surface area contributed by atoms with Crippen LogP contribution < -0.4 is 16.0 Å². The topological polar surface area (TPSA) is 84.1 Å². The van der Waals surface area contributed by atoms with Crippen molar-refractivity contribution >= 4 is 17.5 Å². The molecular weight excluding hydrogens is 278 g/mol. The third-order valence-electron chi connectivity index (χ3n) is 4.05. The molecule has 1 amide bonds. The van der Waals surface area contributed by atoms with E-state index < -0.39 is 0 Å². The summed E-state index contributed by atoms with van der Waals surface area (Å²) in [6.45, 7) is 1.92. The fraction of sp³-hybridized carbons (Fsp3) is 0.312. The van der Waals surface area contributed by atoms with Gasteiger partial charge in [0.05, 0.1) is 6.04 Å². The van der Waals surface area contributed by atoms with Crippen molar-refractivity contribution in [1.82, 2.24) is 9.97 Å². The molecule has 6 heteroatoms. The van der Waals surface area contributed by atoms with Gasteiger partial charge in [-0.1, -0.05) is 18.2 Å². The molecule has 0 bridgehead atoms. The Morgan fingerprint density at radius 1 is 1.36 bits per heavy atom. The fourth-order valence-corrected chi connectivity index (χ4v) is 2.90. The van der Waals surface area contributed by atoms with Crippen molar-refractivity contribution in [2.24, 2.45) is 5.73 Å². The van der Waals surface area contributed by atoms with Gasteiger partial charge in [-0.2, -0.15) is 0 Å². The molecule has 0 radical (unpaired) electrons. The van der Waals surface area contributed by atoms with Crippen molar-refractivity contribution in [1.29, 1.82) is 0 Å². The Kier molecular flexibility index (Phi) is 3.66. The number of primary amides is 1. The molecule has 1 aromatic heterocycles. The van der Waals surface area contributed by atoms with Gasteiger partial charge in [-0.25, -0.2) is 9.97 Å². The zero-order valence-electron chi connectivity index (χ0n) is 12.7. The molecule has 0 saturated carbocycles. The number of nitrogens with one attached hydrogen (secondary N) is 1. The van der Waals surface area contributed by atoms with Gasteiger partial charge in [0.2, 0.25) is 11.9 Å². The van der Waals surface area contributed by atoms with Crippen LogP contribution >= 0.6 is 0 Å². The Balaban J connectivity index is 1.96. The number of amides is 1. The molecular formula is C16H19N5O. The lowest BCUT2D eigenvalue weighted by Gasteiger charge is -2.38. The molecule has 3 N–H and O–H groups in total. The van der Waals surface area contributed by atoms with Gasteiger partial charge >= 0.3 is 0 Å². The number of carbonyl (C=O) groups is 1. The van der Waals surface area contributed by atoms with E-state index in [4.69, 9.17) is 5.73 Å². The number of nitrogens with two attached hydrogens (primary N) is 1. The summed E-state index contributed by atoms with van der Waals surface area (Å²) in [6, 6.07) is 9.44. The smallest absolute Gasteiger partial charge is 0.240 e. The van der Waals surface area contributed by atoms with Gasteiger partial charge in [0, 0.05) is 31.0 Å². The van der Waals surface area contributed by atoms with Gasteiger partial charge in [-0.3, -0.25) is 4.79 Å². The maximum atomic E-state index is 11.7. The summed E-state index contributed by atoms with van der Waals surface area (Å²) < 4.78 is 0. The third-order valence-corrected chi connectivity index (χ3v) is 4.05. The number of carbonyl (C=O) groups excluding carboxylic acids is 1. The summed E-state index contributed by atoms with van der Waals surface area (Å²) >= 11 is 0. The molecule has 0 spiro atoms. The number of aromatic nitrogens is 2. The van der Waals surface area contributed by atoms with Gasteiger partial charge in [-0.05, 0) is 24.6 Å². The van der Waals surface area contributed by atoms with E-state index in [1.165, 1.54) is 0 Å². The van der Waals surface area contributed by atoms with Crippen molar-refractivity contribution < 1.29 is 4.79 Å². The quantitative estimate of drug-likeness (QED) is 0.899. The minimum atomic E-state index is -0.350. The molecule has 1 aromatic carbocycles. The molecule has 1 aliphatic heterocycles. The zero-order valence-corrected chi connectivity index (χ0v) is 12.7. The number of likely N-dealkylation sites (N-methyl/N-ethyl adjacent to an activating group) is 1. The SMILES string of the molecule is Cc1ccnc(NC2CC(C(N)=O)N(C)c3ccccc32)n1. The van der Waals surface area contributed by atoms with Crippen LogP contribution in [0.2, 0.25) is 0 Å². The Labute approximate surface area is 129 Å². The van der Waals surface area contributed by atoms with Gasteiger partial charge in [0.1, 0.15) is 6.04 Å². The molecule has 22 heavy (non-hydrogen) atoms. The summed E-state index contributed by atoms with van der Waals surface area (Å²) in [7, 11) is 1.90. The first-order chi connectivity index (χ1) is 10.6. The van der Waals surface area contributed by atoms with Gasteiger partial charge in [0.15, 0.2) is 0 Å². The monoisotopic (exact) mass is 297 g/mol. The first kappa shape index (κ1) is 14.3. The van der Waals surface area contributed by atoms with Crippen LogP contribution in [0, 0.1) is 6.92 Å². The Morgan fingerprint density at radius 2 is 2.14 bits per heavy atom. The maximum absolute atomic E-state index is 11.7. The predicted octanol–water partition coefficient (Wildman–Crippen LogP) is 1.63. The lowest BCUT2D eigenvalue weighted by atomic mass is 9.91. The van der Waals surface area contributed by atoms with Gasteiger partial charge in [-0.15, -0.1) is 0 Å². The van der Waals surface area contributed by atoms with E-state index in [1.807, 2.05) is 43.1 Å². The lowest BCUT2D eigenvalue weighted by molar-refractivity contribution is -0.119. The number of aryl methyl sites for hydroxylation is 1. The molecule has 0 fully saturated rings. The number of rotatable bonds is 3. The molecule has 0 saturated heterocycles. The van der Waals surface area contributed by atoms with E-state index in [9.17, 15) is 4.79 Å². The largest absolute Gasteiger partial charge is 0.368 e. The third kappa shape index (κ3) is 2.59. The number of nitrogens with zero attached hydrogens (tertiary/aromatic N) is 3. The van der Waals surface area contributed by atoms with E-state index in [1.54, 1.807) is 6.20 Å². The van der Waals surface area contributed by atoms with Crippen LogP contribution in [0.4, 0.5) is 11.6 Å². The molecule has 0 aliphatic carbocycles. The van der Waals surface area contributed by atoms with E-state index in [0.717, 1.165) is 16.9 Å². The molecule has 2 atom stereocenters. The van der Waals surface area contributed by atoms with E-state index in [-0.39, 0.29) is 18.0 Å². The van der Waals surface area contributed by atoms with E-state index in [2.05, 4.69) is 21.4 Å². The highest BCUT2D eigenvalue weighted by Crippen LogP contribution is 2.37. The van der Waals surface area contributed by atoms with Crippen molar-refractivity contribution in [2.45, 2.75) is 25.4 Å².